The Morgan fingerprint density at radius 2 is 1.85 bits per heavy atom. The minimum absolute atomic E-state index is 0.0418. The summed E-state index contributed by atoms with van der Waals surface area (Å²) >= 11 is 0. The van der Waals surface area contributed by atoms with Crippen LogP contribution in [-0.4, -0.2) is 47.7 Å². The normalized spacial score (nSPS) is 26.9. The Balaban J connectivity index is 1.93. The molecular formula is C14H25N3O3. The van der Waals surface area contributed by atoms with Crippen molar-refractivity contribution in [3.05, 3.63) is 0 Å². The van der Waals surface area contributed by atoms with Crippen LogP contribution in [0.15, 0.2) is 5.16 Å². The van der Waals surface area contributed by atoms with Crippen LogP contribution < -0.4 is 5.73 Å². The average molecular weight is 283 g/mol. The van der Waals surface area contributed by atoms with Crippen LogP contribution in [0.1, 0.15) is 44.9 Å². The molecule has 6 heteroatoms. The first kappa shape index (κ1) is 15.1. The fourth-order valence-corrected chi connectivity index (χ4v) is 3.05. The Kier molecular flexibility index (Phi) is 5.64. The van der Waals surface area contributed by atoms with Crippen LogP contribution in [0.5, 0.6) is 0 Å². The summed E-state index contributed by atoms with van der Waals surface area (Å²) in [4.78, 5) is 14.4. The standard InChI is InChI=1S/C14H25N3O3/c15-13(16-19)12-10-17(8-9-20-12)14(18)11-6-4-2-1-3-5-7-11/h11-12,19H,1-10H2,(H2,15,16). The molecule has 0 aromatic heterocycles. The number of nitrogens with two attached hydrogens (primary N) is 1. The lowest BCUT2D eigenvalue weighted by Crippen LogP contribution is -2.52. The lowest BCUT2D eigenvalue weighted by molar-refractivity contribution is -0.141. The zero-order chi connectivity index (χ0) is 14.4. The van der Waals surface area contributed by atoms with Crippen molar-refractivity contribution in [3.63, 3.8) is 0 Å². The van der Waals surface area contributed by atoms with Crippen LogP contribution in [0, 0.1) is 5.92 Å². The van der Waals surface area contributed by atoms with Crippen molar-refractivity contribution in [2.45, 2.75) is 51.0 Å². The van der Waals surface area contributed by atoms with Gasteiger partial charge < -0.3 is 20.6 Å². The van der Waals surface area contributed by atoms with Crippen LogP contribution in [0.4, 0.5) is 0 Å². The molecule has 1 saturated carbocycles. The Labute approximate surface area is 119 Å². The Hall–Kier alpha value is -1.30. The second kappa shape index (κ2) is 7.47. The molecule has 3 N–H and O–H groups in total. The summed E-state index contributed by atoms with van der Waals surface area (Å²) in [5, 5.41) is 11.7. The summed E-state index contributed by atoms with van der Waals surface area (Å²) in [6.07, 6.45) is 7.55. The number of nitrogens with zero attached hydrogens (tertiary/aromatic N) is 2. The summed E-state index contributed by atoms with van der Waals surface area (Å²) in [5.74, 6) is 0.396. The first-order valence-electron chi connectivity index (χ1n) is 7.60. The molecule has 114 valence electrons. The summed E-state index contributed by atoms with van der Waals surface area (Å²) in [6.45, 7) is 1.44. The number of carbonyl (C=O) groups is 1. The van der Waals surface area contributed by atoms with Gasteiger partial charge in [-0.3, -0.25) is 4.79 Å². The molecule has 0 aromatic rings. The fraction of sp³-hybridized carbons (Fsp3) is 0.857. The monoisotopic (exact) mass is 283 g/mol. The summed E-state index contributed by atoms with van der Waals surface area (Å²) < 4.78 is 5.43. The molecule has 1 aliphatic carbocycles. The van der Waals surface area contributed by atoms with Crippen molar-refractivity contribution >= 4 is 11.7 Å². The largest absolute Gasteiger partial charge is 0.409 e. The van der Waals surface area contributed by atoms with Gasteiger partial charge in [-0.1, -0.05) is 37.3 Å². The maximum Gasteiger partial charge on any atom is 0.225 e. The number of ether oxygens (including phenoxy) is 1. The maximum absolute atomic E-state index is 12.6. The highest BCUT2D eigenvalue weighted by molar-refractivity contribution is 5.86. The molecule has 0 spiro atoms. The molecule has 1 atom stereocenters. The summed E-state index contributed by atoms with van der Waals surface area (Å²) in [7, 11) is 0. The molecule has 1 heterocycles. The van der Waals surface area contributed by atoms with Gasteiger partial charge in [0.25, 0.3) is 0 Å². The van der Waals surface area contributed by atoms with Crippen LogP contribution in [0.2, 0.25) is 0 Å². The Bertz CT molecular complexity index is 352. The van der Waals surface area contributed by atoms with Gasteiger partial charge in [0.1, 0.15) is 6.10 Å². The number of hydrogen-bond donors (Lipinski definition) is 2. The lowest BCUT2D eigenvalue weighted by atomic mass is 9.90. The van der Waals surface area contributed by atoms with Crippen molar-refractivity contribution in [2.24, 2.45) is 16.8 Å². The number of oxime groups is 1. The van der Waals surface area contributed by atoms with Gasteiger partial charge in [-0.15, -0.1) is 0 Å². The highest BCUT2D eigenvalue weighted by Crippen LogP contribution is 2.24. The van der Waals surface area contributed by atoms with Crippen molar-refractivity contribution in [1.29, 1.82) is 0 Å². The molecule has 6 nitrogen and oxygen atoms in total. The Morgan fingerprint density at radius 3 is 2.50 bits per heavy atom. The molecule has 2 rings (SSSR count). The number of amidine groups is 1. The number of rotatable bonds is 2. The van der Waals surface area contributed by atoms with Gasteiger partial charge in [-0.25, -0.2) is 0 Å². The molecule has 20 heavy (non-hydrogen) atoms. The topological polar surface area (TPSA) is 88.2 Å². The SMILES string of the molecule is NC(=NO)C1CN(C(=O)C2CCCCCCC2)CCO1. The van der Waals surface area contributed by atoms with E-state index in [4.69, 9.17) is 15.7 Å². The van der Waals surface area contributed by atoms with Gasteiger partial charge in [-0.05, 0) is 12.8 Å². The van der Waals surface area contributed by atoms with Crippen molar-refractivity contribution in [2.75, 3.05) is 19.7 Å². The van der Waals surface area contributed by atoms with Crippen molar-refractivity contribution < 1.29 is 14.7 Å². The molecule has 2 aliphatic rings. The zero-order valence-corrected chi connectivity index (χ0v) is 12.0. The van der Waals surface area contributed by atoms with E-state index in [2.05, 4.69) is 5.16 Å². The first-order chi connectivity index (χ1) is 9.72. The van der Waals surface area contributed by atoms with Gasteiger partial charge in [-0.2, -0.15) is 0 Å². The lowest BCUT2D eigenvalue weighted by Gasteiger charge is -2.35. The van der Waals surface area contributed by atoms with E-state index in [0.29, 0.717) is 19.7 Å². The maximum atomic E-state index is 12.6. The van der Waals surface area contributed by atoms with E-state index in [1.54, 1.807) is 0 Å². The zero-order valence-electron chi connectivity index (χ0n) is 12.0. The molecule has 1 unspecified atom stereocenters. The minimum Gasteiger partial charge on any atom is -0.409 e. The van der Waals surface area contributed by atoms with E-state index >= 15 is 0 Å². The second-order valence-corrected chi connectivity index (χ2v) is 5.71. The van der Waals surface area contributed by atoms with Gasteiger partial charge in [0.15, 0.2) is 5.84 Å². The number of amides is 1. The number of hydrogen-bond acceptors (Lipinski definition) is 4. The molecule has 0 bridgehead atoms. The van der Waals surface area contributed by atoms with Crippen LogP contribution in [0.3, 0.4) is 0 Å². The third-order valence-corrected chi connectivity index (χ3v) is 4.28. The van der Waals surface area contributed by atoms with E-state index in [0.717, 1.165) is 25.7 Å². The Morgan fingerprint density at radius 1 is 1.20 bits per heavy atom. The molecule has 0 aromatic carbocycles. The van der Waals surface area contributed by atoms with E-state index < -0.39 is 6.10 Å². The summed E-state index contributed by atoms with van der Waals surface area (Å²) in [5.41, 5.74) is 5.57. The quantitative estimate of drug-likeness (QED) is 0.346. The highest BCUT2D eigenvalue weighted by Gasteiger charge is 2.30. The molecule has 1 amide bonds. The van der Waals surface area contributed by atoms with E-state index in [1.165, 1.54) is 19.3 Å². The first-order valence-corrected chi connectivity index (χ1v) is 7.60. The number of morpholine rings is 1. The predicted molar refractivity (Wildman–Crippen MR) is 75.5 cm³/mol. The highest BCUT2D eigenvalue weighted by atomic mass is 16.5. The molecule has 2 fully saturated rings. The average Bonchev–Trinajstić information content (AvgIpc) is 2.45. The van der Waals surface area contributed by atoms with E-state index in [9.17, 15) is 4.79 Å². The third-order valence-electron chi connectivity index (χ3n) is 4.28. The van der Waals surface area contributed by atoms with Gasteiger partial charge in [0, 0.05) is 12.5 Å². The van der Waals surface area contributed by atoms with Crippen molar-refractivity contribution in [1.82, 2.24) is 4.90 Å². The second-order valence-electron chi connectivity index (χ2n) is 5.71. The van der Waals surface area contributed by atoms with Gasteiger partial charge in [0.2, 0.25) is 5.91 Å². The fourth-order valence-electron chi connectivity index (χ4n) is 3.05. The van der Waals surface area contributed by atoms with Gasteiger partial charge in [0.05, 0.1) is 13.2 Å². The van der Waals surface area contributed by atoms with Crippen LogP contribution in [-0.2, 0) is 9.53 Å². The molecule has 1 saturated heterocycles. The van der Waals surface area contributed by atoms with Crippen LogP contribution >= 0.6 is 0 Å². The minimum atomic E-state index is -0.480. The third kappa shape index (κ3) is 3.85. The van der Waals surface area contributed by atoms with E-state index in [1.807, 2.05) is 4.90 Å². The van der Waals surface area contributed by atoms with Crippen LogP contribution in [0.25, 0.3) is 0 Å². The summed E-state index contributed by atoms with van der Waals surface area (Å²) in [6, 6.07) is 0. The van der Waals surface area contributed by atoms with E-state index in [-0.39, 0.29) is 17.7 Å². The number of carbonyl (C=O) groups excluding carboxylic acids is 1. The smallest absolute Gasteiger partial charge is 0.225 e. The molecule has 1 aliphatic heterocycles. The molecular weight excluding hydrogens is 258 g/mol. The predicted octanol–water partition coefficient (Wildman–Crippen LogP) is 1.32. The molecule has 0 radical (unpaired) electrons. The van der Waals surface area contributed by atoms with Crippen molar-refractivity contribution in [3.8, 4) is 0 Å². The van der Waals surface area contributed by atoms with Gasteiger partial charge >= 0.3 is 0 Å².